The van der Waals surface area contributed by atoms with Gasteiger partial charge in [-0.1, -0.05) is 18.2 Å². The molecule has 0 aliphatic rings. The van der Waals surface area contributed by atoms with E-state index in [1.807, 2.05) is 13.8 Å². The fraction of sp³-hybridized carbons (Fsp3) is 0.316. The molecule has 0 aliphatic carbocycles. The summed E-state index contributed by atoms with van der Waals surface area (Å²) in [5.74, 6) is -2.64. The van der Waals surface area contributed by atoms with Crippen LogP contribution in [0.25, 0.3) is 11.1 Å². The predicted octanol–water partition coefficient (Wildman–Crippen LogP) is 4.66. The van der Waals surface area contributed by atoms with E-state index in [2.05, 4.69) is 0 Å². The lowest BCUT2D eigenvalue weighted by Crippen LogP contribution is -2.07. The van der Waals surface area contributed by atoms with Crippen LogP contribution in [0.2, 0.25) is 0 Å². The van der Waals surface area contributed by atoms with Gasteiger partial charge in [0.1, 0.15) is 5.75 Å². The molecule has 6 heteroatoms. The molecule has 1 N–H and O–H groups in total. The van der Waals surface area contributed by atoms with Gasteiger partial charge in [0.2, 0.25) is 0 Å². The van der Waals surface area contributed by atoms with Crippen molar-refractivity contribution >= 4 is 5.97 Å². The highest BCUT2D eigenvalue weighted by Crippen LogP contribution is 2.34. The largest absolute Gasteiger partial charge is 0.490 e. The monoisotopic (exact) mass is 350 g/mol. The van der Waals surface area contributed by atoms with Crippen LogP contribution in [0.4, 0.5) is 8.78 Å². The van der Waals surface area contributed by atoms with E-state index >= 15 is 0 Å². The van der Waals surface area contributed by atoms with E-state index in [1.54, 1.807) is 24.3 Å². The van der Waals surface area contributed by atoms with E-state index in [1.165, 1.54) is 12.1 Å². The smallest absolute Gasteiger partial charge is 0.303 e. The molecule has 0 radical (unpaired) electrons. The van der Waals surface area contributed by atoms with Gasteiger partial charge >= 0.3 is 5.97 Å². The Morgan fingerprint density at radius 1 is 1.16 bits per heavy atom. The number of para-hydroxylation sites is 1. The van der Waals surface area contributed by atoms with E-state index in [4.69, 9.17) is 14.6 Å². The topological polar surface area (TPSA) is 55.8 Å². The summed E-state index contributed by atoms with van der Waals surface area (Å²) in [5.41, 5.74) is 0.913. The number of ether oxygens (including phenoxy) is 2. The van der Waals surface area contributed by atoms with Gasteiger partial charge in [0.05, 0.1) is 12.7 Å². The highest BCUT2D eigenvalue weighted by atomic mass is 19.1. The lowest BCUT2D eigenvalue weighted by atomic mass is 10.0. The number of carboxylic acids is 1. The van der Waals surface area contributed by atoms with Gasteiger partial charge in [-0.25, -0.2) is 8.78 Å². The highest BCUT2D eigenvalue weighted by Gasteiger charge is 2.16. The molecule has 0 bridgehead atoms. The number of aliphatic carboxylic acids is 1. The third-order valence-corrected chi connectivity index (χ3v) is 3.34. The molecule has 0 heterocycles. The molecule has 0 saturated heterocycles. The average Bonchev–Trinajstić information content (AvgIpc) is 2.53. The van der Waals surface area contributed by atoms with Gasteiger partial charge in [-0.3, -0.25) is 4.79 Å². The lowest BCUT2D eigenvalue weighted by molar-refractivity contribution is -0.137. The van der Waals surface area contributed by atoms with Gasteiger partial charge in [0.25, 0.3) is 0 Å². The Labute approximate surface area is 145 Å². The van der Waals surface area contributed by atoms with Gasteiger partial charge in [-0.2, -0.15) is 0 Å². The molecule has 0 unspecified atom stereocenters. The van der Waals surface area contributed by atoms with Crippen molar-refractivity contribution in [3.8, 4) is 22.6 Å². The van der Waals surface area contributed by atoms with Crippen LogP contribution in [0.15, 0.2) is 36.4 Å². The van der Waals surface area contributed by atoms with Crippen molar-refractivity contribution in [1.82, 2.24) is 0 Å². The van der Waals surface area contributed by atoms with E-state index in [0.717, 1.165) is 0 Å². The molecule has 2 rings (SSSR count). The van der Waals surface area contributed by atoms with Gasteiger partial charge in [-0.05, 0) is 44.0 Å². The third-order valence-electron chi connectivity index (χ3n) is 3.34. The highest BCUT2D eigenvalue weighted by molar-refractivity contribution is 5.71. The zero-order valence-corrected chi connectivity index (χ0v) is 14.1. The average molecular weight is 350 g/mol. The maximum Gasteiger partial charge on any atom is 0.303 e. The first-order valence-electron chi connectivity index (χ1n) is 7.98. The van der Waals surface area contributed by atoms with Gasteiger partial charge in [-0.15, -0.1) is 0 Å². The molecular weight excluding hydrogens is 330 g/mol. The molecule has 25 heavy (non-hydrogen) atoms. The van der Waals surface area contributed by atoms with Gasteiger partial charge < -0.3 is 14.6 Å². The van der Waals surface area contributed by atoms with Gasteiger partial charge in [0, 0.05) is 12.0 Å². The number of rotatable bonds is 8. The third kappa shape index (κ3) is 5.17. The number of carbonyl (C=O) groups is 1. The summed E-state index contributed by atoms with van der Waals surface area (Å²) in [6.45, 7) is 3.66. The number of hydrogen-bond acceptors (Lipinski definition) is 3. The molecule has 0 amide bonds. The number of carboxylic acid groups (broad SMARTS) is 1. The van der Waals surface area contributed by atoms with Crippen LogP contribution in [-0.2, 0) is 4.79 Å². The van der Waals surface area contributed by atoms with Crippen molar-refractivity contribution in [3.63, 3.8) is 0 Å². The Hall–Kier alpha value is -2.63. The standard InChI is InChI=1S/C19H20F2O4/c1-12(2)25-17-7-4-3-6-14(17)13-10-15(20)19(16(21)11-13)24-9-5-8-18(22)23/h3-4,6-7,10-12H,5,8-9H2,1-2H3,(H,22,23). The molecule has 2 aromatic carbocycles. The second-order valence-corrected chi connectivity index (χ2v) is 5.78. The number of hydrogen-bond donors (Lipinski definition) is 1. The van der Waals surface area contributed by atoms with Crippen molar-refractivity contribution in [3.05, 3.63) is 48.0 Å². The lowest BCUT2D eigenvalue weighted by Gasteiger charge is -2.15. The summed E-state index contributed by atoms with van der Waals surface area (Å²) in [7, 11) is 0. The minimum atomic E-state index is -0.985. The van der Waals surface area contributed by atoms with E-state index in [0.29, 0.717) is 16.9 Å². The van der Waals surface area contributed by atoms with Crippen molar-refractivity contribution < 1.29 is 28.2 Å². The normalized spacial score (nSPS) is 10.8. The molecule has 134 valence electrons. The van der Waals surface area contributed by atoms with Crippen molar-refractivity contribution in [2.45, 2.75) is 32.8 Å². The fourth-order valence-electron chi connectivity index (χ4n) is 2.31. The molecule has 2 aromatic rings. The molecule has 0 saturated carbocycles. The van der Waals surface area contributed by atoms with Crippen LogP contribution in [-0.4, -0.2) is 23.8 Å². The number of halogens is 2. The molecule has 0 aliphatic heterocycles. The summed E-state index contributed by atoms with van der Waals surface area (Å²) in [4.78, 5) is 10.4. The Morgan fingerprint density at radius 2 is 1.80 bits per heavy atom. The zero-order chi connectivity index (χ0) is 18.4. The van der Waals surface area contributed by atoms with Crippen LogP contribution in [0.1, 0.15) is 26.7 Å². The summed E-state index contributed by atoms with van der Waals surface area (Å²) >= 11 is 0. The van der Waals surface area contributed by atoms with E-state index in [9.17, 15) is 13.6 Å². The van der Waals surface area contributed by atoms with Crippen LogP contribution in [0.3, 0.4) is 0 Å². The SMILES string of the molecule is CC(C)Oc1ccccc1-c1cc(F)c(OCCCC(=O)O)c(F)c1. The minimum Gasteiger partial charge on any atom is -0.490 e. The maximum absolute atomic E-state index is 14.3. The fourth-order valence-corrected chi connectivity index (χ4v) is 2.31. The second-order valence-electron chi connectivity index (χ2n) is 5.78. The predicted molar refractivity (Wildman–Crippen MR) is 89.9 cm³/mol. The molecule has 0 atom stereocenters. The van der Waals surface area contributed by atoms with E-state index < -0.39 is 23.4 Å². The summed E-state index contributed by atoms with van der Waals surface area (Å²) in [6, 6.07) is 9.36. The molecule has 0 spiro atoms. The number of benzene rings is 2. The Balaban J connectivity index is 2.23. The van der Waals surface area contributed by atoms with Crippen molar-refractivity contribution in [1.29, 1.82) is 0 Å². The summed E-state index contributed by atoms with van der Waals surface area (Å²) in [5, 5.41) is 8.56. The first-order valence-corrected chi connectivity index (χ1v) is 7.98. The maximum atomic E-state index is 14.3. The minimum absolute atomic E-state index is 0.0762. The molecule has 4 nitrogen and oxygen atoms in total. The van der Waals surface area contributed by atoms with Crippen LogP contribution < -0.4 is 9.47 Å². The van der Waals surface area contributed by atoms with Crippen LogP contribution >= 0.6 is 0 Å². The first-order chi connectivity index (χ1) is 11.9. The quantitative estimate of drug-likeness (QED) is 0.704. The second kappa shape index (κ2) is 8.46. The van der Waals surface area contributed by atoms with Crippen molar-refractivity contribution in [2.24, 2.45) is 0 Å². The summed E-state index contributed by atoms with van der Waals surface area (Å²) < 4.78 is 39.2. The molecule has 0 fully saturated rings. The molecular formula is C19H20F2O4. The Kier molecular flexibility index (Phi) is 6.33. The zero-order valence-electron chi connectivity index (χ0n) is 14.1. The molecule has 0 aromatic heterocycles. The van der Waals surface area contributed by atoms with E-state index in [-0.39, 0.29) is 25.6 Å². The van der Waals surface area contributed by atoms with Crippen molar-refractivity contribution in [2.75, 3.05) is 6.61 Å². The van der Waals surface area contributed by atoms with Gasteiger partial charge in [0.15, 0.2) is 17.4 Å². The Bertz CT molecular complexity index is 721. The summed E-state index contributed by atoms with van der Waals surface area (Å²) in [6.07, 6.45) is -0.0323. The first kappa shape index (κ1) is 18.7. The Morgan fingerprint density at radius 3 is 2.40 bits per heavy atom. The van der Waals surface area contributed by atoms with Crippen LogP contribution in [0, 0.1) is 11.6 Å². The van der Waals surface area contributed by atoms with Crippen LogP contribution in [0.5, 0.6) is 11.5 Å².